The number of aromatic nitrogens is 2. The number of aromatic amines is 1. The van der Waals surface area contributed by atoms with Gasteiger partial charge in [0, 0.05) is 31.6 Å². The summed E-state index contributed by atoms with van der Waals surface area (Å²) in [5, 5.41) is 10.6. The summed E-state index contributed by atoms with van der Waals surface area (Å²) in [6.07, 6.45) is 2.49. The van der Waals surface area contributed by atoms with E-state index in [0.29, 0.717) is 42.3 Å². The van der Waals surface area contributed by atoms with Gasteiger partial charge in [-0.1, -0.05) is 23.4 Å². The molecule has 0 saturated heterocycles. The number of hydrogen-bond donors (Lipinski definition) is 2. The maximum atomic E-state index is 13.5. The van der Waals surface area contributed by atoms with Crippen molar-refractivity contribution in [3.8, 4) is 5.75 Å². The second kappa shape index (κ2) is 6.51. The number of fused-ring (bicyclic) bond motifs is 1. The molecule has 8 heteroatoms. The summed E-state index contributed by atoms with van der Waals surface area (Å²) in [7, 11) is 0. The number of aromatic hydroxyl groups is 1. The van der Waals surface area contributed by atoms with Gasteiger partial charge in [-0.05, 0) is 18.4 Å². The number of hydrogen-bond acceptors (Lipinski definition) is 5. The summed E-state index contributed by atoms with van der Waals surface area (Å²) in [6, 6.07) is 2.33. The maximum absolute atomic E-state index is 13.5. The van der Waals surface area contributed by atoms with E-state index in [9.17, 15) is 14.3 Å². The van der Waals surface area contributed by atoms with E-state index in [0.717, 1.165) is 11.8 Å². The van der Waals surface area contributed by atoms with Gasteiger partial charge in [0.15, 0.2) is 5.16 Å². The molecule has 0 amide bonds. The van der Waals surface area contributed by atoms with Crippen molar-refractivity contribution in [1.29, 1.82) is 0 Å². The number of nitrogens with one attached hydrogen (secondary N) is 1. The highest BCUT2D eigenvalue weighted by atomic mass is 35.5. The molecule has 3 rings (SSSR count). The molecule has 2 N–H and O–H groups in total. The van der Waals surface area contributed by atoms with Crippen LogP contribution in [0.2, 0.25) is 5.02 Å². The second-order valence-electron chi connectivity index (χ2n) is 5.36. The van der Waals surface area contributed by atoms with Crippen LogP contribution in [0.25, 0.3) is 0 Å². The lowest BCUT2D eigenvalue weighted by molar-refractivity contribution is 0.237. The molecule has 0 atom stereocenters. The van der Waals surface area contributed by atoms with Crippen LogP contribution in [-0.4, -0.2) is 32.8 Å². The van der Waals surface area contributed by atoms with Gasteiger partial charge in [0.05, 0.1) is 16.3 Å². The van der Waals surface area contributed by atoms with Crippen LogP contribution in [0.5, 0.6) is 5.75 Å². The Morgan fingerprint density at radius 1 is 1.52 bits per heavy atom. The average Bonchev–Trinajstić information content (AvgIpc) is 2.52. The molecule has 0 bridgehead atoms. The van der Waals surface area contributed by atoms with E-state index >= 15 is 0 Å². The van der Waals surface area contributed by atoms with Crippen molar-refractivity contribution in [3.63, 3.8) is 0 Å². The molecule has 1 aliphatic rings. The third kappa shape index (κ3) is 3.36. The van der Waals surface area contributed by atoms with Gasteiger partial charge in [0.2, 0.25) is 0 Å². The first-order valence-electron chi connectivity index (χ1n) is 7.03. The molecule has 0 aliphatic carbocycles. The molecule has 1 aromatic carbocycles. The van der Waals surface area contributed by atoms with Crippen molar-refractivity contribution in [2.24, 2.45) is 0 Å². The number of H-pyrrole nitrogens is 1. The zero-order chi connectivity index (χ0) is 16.6. The number of phenols is 1. The van der Waals surface area contributed by atoms with E-state index in [1.165, 1.54) is 17.8 Å². The minimum atomic E-state index is -0.496. The summed E-state index contributed by atoms with van der Waals surface area (Å²) in [5.41, 5.74) is 1.68. The average molecular weight is 356 g/mol. The van der Waals surface area contributed by atoms with Crippen molar-refractivity contribution < 1.29 is 9.50 Å². The molecule has 2 aromatic rings. The van der Waals surface area contributed by atoms with E-state index in [1.807, 2.05) is 11.2 Å². The van der Waals surface area contributed by atoms with E-state index in [4.69, 9.17) is 11.6 Å². The van der Waals surface area contributed by atoms with E-state index in [2.05, 4.69) is 9.97 Å². The van der Waals surface area contributed by atoms with Crippen LogP contribution >= 0.6 is 23.4 Å². The van der Waals surface area contributed by atoms with E-state index in [1.54, 1.807) is 0 Å². The second-order valence-corrected chi connectivity index (χ2v) is 6.56. The van der Waals surface area contributed by atoms with Gasteiger partial charge in [0.25, 0.3) is 5.56 Å². The smallest absolute Gasteiger partial charge is 0.256 e. The summed E-state index contributed by atoms with van der Waals surface area (Å²) in [6.45, 7) is 1.39. The molecular formula is C15H15ClFN3O2S. The van der Waals surface area contributed by atoms with Crippen molar-refractivity contribution in [1.82, 2.24) is 14.9 Å². The van der Waals surface area contributed by atoms with Crippen molar-refractivity contribution in [2.75, 3.05) is 12.8 Å². The molecule has 0 saturated carbocycles. The van der Waals surface area contributed by atoms with Gasteiger partial charge in [-0.15, -0.1) is 0 Å². The maximum Gasteiger partial charge on any atom is 0.256 e. The number of benzene rings is 1. The predicted molar refractivity (Wildman–Crippen MR) is 87.5 cm³/mol. The number of nitrogens with zero attached hydrogens (tertiary/aromatic N) is 2. The minimum Gasteiger partial charge on any atom is -0.506 e. The monoisotopic (exact) mass is 355 g/mol. The molecule has 1 aliphatic heterocycles. The highest BCUT2D eigenvalue weighted by Crippen LogP contribution is 2.30. The van der Waals surface area contributed by atoms with Gasteiger partial charge in [0.1, 0.15) is 11.6 Å². The van der Waals surface area contributed by atoms with Crippen LogP contribution in [0.15, 0.2) is 22.1 Å². The zero-order valence-corrected chi connectivity index (χ0v) is 14.0. The molecule has 0 spiro atoms. The fourth-order valence-electron chi connectivity index (χ4n) is 2.67. The molecule has 1 aromatic heterocycles. The van der Waals surface area contributed by atoms with Crippen LogP contribution < -0.4 is 5.56 Å². The first-order chi connectivity index (χ1) is 11.0. The molecule has 2 heterocycles. The first-order valence-corrected chi connectivity index (χ1v) is 8.63. The van der Waals surface area contributed by atoms with Crippen LogP contribution in [0, 0.1) is 5.82 Å². The third-order valence-electron chi connectivity index (χ3n) is 3.82. The lowest BCUT2D eigenvalue weighted by atomic mass is 10.1. The topological polar surface area (TPSA) is 69.2 Å². The Labute approximate surface area is 141 Å². The Balaban J connectivity index is 1.85. The minimum absolute atomic E-state index is 0.0125. The van der Waals surface area contributed by atoms with Crippen molar-refractivity contribution in [3.05, 3.63) is 50.1 Å². The van der Waals surface area contributed by atoms with Crippen molar-refractivity contribution in [2.45, 2.75) is 24.7 Å². The molecule has 0 fully saturated rings. The third-order valence-corrected chi connectivity index (χ3v) is 4.69. The molecule has 5 nitrogen and oxygen atoms in total. The van der Waals surface area contributed by atoms with Crippen LogP contribution in [0.3, 0.4) is 0 Å². The van der Waals surface area contributed by atoms with E-state index in [-0.39, 0.29) is 16.3 Å². The SMILES string of the molecule is CSc1nc2c(c(=O)[nH]1)CN(Cc1cc(F)cc(Cl)c1O)CC2. The van der Waals surface area contributed by atoms with Crippen LogP contribution in [-0.2, 0) is 19.5 Å². The number of rotatable bonds is 3. The largest absolute Gasteiger partial charge is 0.506 e. The number of halogens is 2. The Bertz CT molecular complexity index is 812. The molecule has 0 radical (unpaired) electrons. The standard InChI is InChI=1S/C15H15ClFN3O2S/c1-23-15-18-12-2-3-20(7-10(12)14(22)19-15)6-8-4-9(17)5-11(16)13(8)21/h4-5,21H,2-3,6-7H2,1H3,(H,18,19,22). The van der Waals surface area contributed by atoms with Gasteiger partial charge in [-0.3, -0.25) is 9.69 Å². The van der Waals surface area contributed by atoms with Crippen molar-refractivity contribution >= 4 is 23.4 Å². The van der Waals surface area contributed by atoms with Crippen LogP contribution in [0.1, 0.15) is 16.8 Å². The lowest BCUT2D eigenvalue weighted by Gasteiger charge is -2.28. The normalized spacial score (nSPS) is 14.7. The van der Waals surface area contributed by atoms with Crippen LogP contribution in [0.4, 0.5) is 4.39 Å². The van der Waals surface area contributed by atoms with Gasteiger partial charge >= 0.3 is 0 Å². The molecule has 23 heavy (non-hydrogen) atoms. The van der Waals surface area contributed by atoms with Gasteiger partial charge < -0.3 is 10.1 Å². The lowest BCUT2D eigenvalue weighted by Crippen LogP contribution is -2.35. The summed E-state index contributed by atoms with van der Waals surface area (Å²) >= 11 is 7.20. The molecular weight excluding hydrogens is 341 g/mol. The van der Waals surface area contributed by atoms with E-state index < -0.39 is 5.82 Å². The van der Waals surface area contributed by atoms with Gasteiger partial charge in [-0.2, -0.15) is 0 Å². The number of thioether (sulfide) groups is 1. The summed E-state index contributed by atoms with van der Waals surface area (Å²) < 4.78 is 13.5. The fourth-order valence-corrected chi connectivity index (χ4v) is 3.29. The highest BCUT2D eigenvalue weighted by molar-refractivity contribution is 7.98. The highest BCUT2D eigenvalue weighted by Gasteiger charge is 2.22. The Morgan fingerprint density at radius 3 is 3.04 bits per heavy atom. The Kier molecular flexibility index (Phi) is 4.61. The quantitative estimate of drug-likeness (QED) is 0.654. The zero-order valence-electron chi connectivity index (χ0n) is 12.4. The first kappa shape index (κ1) is 16.3. The Morgan fingerprint density at radius 2 is 2.30 bits per heavy atom. The molecule has 122 valence electrons. The summed E-state index contributed by atoms with van der Waals surface area (Å²) in [5.74, 6) is -0.618. The predicted octanol–water partition coefficient (Wildman–Crippen LogP) is 2.55. The number of phenolic OH excluding ortho intramolecular Hbond substituents is 1. The van der Waals surface area contributed by atoms with Gasteiger partial charge in [-0.25, -0.2) is 9.37 Å². The Hall–Kier alpha value is -1.57. The molecule has 0 unspecified atom stereocenters. The fraction of sp³-hybridized carbons (Fsp3) is 0.333. The summed E-state index contributed by atoms with van der Waals surface area (Å²) in [4.78, 5) is 21.3.